The zero-order valence-corrected chi connectivity index (χ0v) is 28.3. The first-order chi connectivity index (χ1) is 25.8. The van der Waals surface area contributed by atoms with Gasteiger partial charge in [0.25, 0.3) is 0 Å². The van der Waals surface area contributed by atoms with Crippen molar-refractivity contribution in [3.63, 3.8) is 0 Å². The smallest absolute Gasteiger partial charge is 0.116 e. The molecule has 0 N–H and O–H groups in total. The zero-order chi connectivity index (χ0) is 34.4. The fourth-order valence-electron chi connectivity index (χ4n) is 7.60. The lowest BCUT2D eigenvalue weighted by Gasteiger charge is -2.31. The van der Waals surface area contributed by atoms with Crippen LogP contribution in [0.1, 0.15) is 0 Å². The molecule has 4 nitrogen and oxygen atoms in total. The molecule has 10 aromatic rings. The number of nitrogens with zero attached hydrogens (tertiary/aromatic N) is 4. The van der Waals surface area contributed by atoms with Gasteiger partial charge in [-0.2, -0.15) is 0 Å². The van der Waals surface area contributed by atoms with E-state index in [2.05, 4.69) is 204 Å². The van der Waals surface area contributed by atoms with E-state index in [1.807, 2.05) is 0 Å². The highest BCUT2D eigenvalue weighted by molar-refractivity contribution is 6.13. The third-order valence-electron chi connectivity index (χ3n) is 9.97. The van der Waals surface area contributed by atoms with Crippen molar-refractivity contribution < 1.29 is 0 Å². The number of fused-ring (bicyclic) bond motifs is 6. The summed E-state index contributed by atoms with van der Waals surface area (Å²) < 4.78 is 0. The van der Waals surface area contributed by atoms with Crippen molar-refractivity contribution in [2.45, 2.75) is 0 Å². The summed E-state index contributed by atoms with van der Waals surface area (Å²) in [7, 11) is 0. The summed E-state index contributed by atoms with van der Waals surface area (Å²) in [5, 5.41) is 6.89. The fourth-order valence-corrected chi connectivity index (χ4v) is 7.60. The van der Waals surface area contributed by atoms with Gasteiger partial charge in [-0.05, 0) is 70.8 Å². The second-order valence-corrected chi connectivity index (χ2v) is 13.0. The van der Waals surface area contributed by atoms with E-state index in [4.69, 9.17) is 9.97 Å². The van der Waals surface area contributed by atoms with Crippen molar-refractivity contribution in [1.82, 2.24) is 9.97 Å². The van der Waals surface area contributed by atoms with Crippen molar-refractivity contribution in [2.24, 2.45) is 0 Å². The zero-order valence-electron chi connectivity index (χ0n) is 28.3. The third kappa shape index (κ3) is 4.92. The summed E-state index contributed by atoms with van der Waals surface area (Å²) in [6.45, 7) is 0. The van der Waals surface area contributed by atoms with Crippen LogP contribution in [0.5, 0.6) is 0 Å². The number of anilines is 6. The van der Waals surface area contributed by atoms with Gasteiger partial charge >= 0.3 is 0 Å². The van der Waals surface area contributed by atoms with E-state index in [9.17, 15) is 0 Å². The van der Waals surface area contributed by atoms with Crippen LogP contribution in [0, 0.1) is 0 Å². The lowest BCUT2D eigenvalue weighted by Crippen LogP contribution is -2.15. The first-order valence-electron chi connectivity index (χ1n) is 17.6. The molecule has 4 heteroatoms. The van der Waals surface area contributed by atoms with Crippen LogP contribution in [0.4, 0.5) is 34.1 Å². The molecule has 0 bridgehead atoms. The van der Waals surface area contributed by atoms with Gasteiger partial charge < -0.3 is 9.80 Å². The van der Waals surface area contributed by atoms with Crippen LogP contribution < -0.4 is 9.80 Å². The molecule has 0 aliphatic rings. The van der Waals surface area contributed by atoms with E-state index >= 15 is 0 Å². The Morgan fingerprint density at radius 2 is 0.692 bits per heavy atom. The van der Waals surface area contributed by atoms with Crippen LogP contribution in [-0.4, -0.2) is 9.97 Å². The molecular weight excluding hydrogens is 633 g/mol. The Bertz CT molecular complexity index is 2910. The highest BCUT2D eigenvalue weighted by atomic mass is 15.2. The maximum Gasteiger partial charge on any atom is 0.116 e. The molecule has 0 amide bonds. The van der Waals surface area contributed by atoms with E-state index < -0.39 is 0 Å². The van der Waals surface area contributed by atoms with E-state index in [0.717, 1.165) is 77.7 Å². The van der Waals surface area contributed by atoms with Crippen molar-refractivity contribution >= 4 is 88.5 Å². The SMILES string of the molecule is c1ccc(N(c2cccc3ccccc23)c2ccc(N(c3ccccc3)c3cccc4ccccc34)c3nc4c(ccc5ccccc54)nc23)cc1. The molecule has 0 unspecified atom stereocenters. The Hall–Kier alpha value is -7.04. The monoisotopic (exact) mass is 664 g/mol. The van der Waals surface area contributed by atoms with Crippen molar-refractivity contribution in [3.8, 4) is 0 Å². The number of para-hydroxylation sites is 2. The maximum atomic E-state index is 5.62. The molecule has 1 aromatic heterocycles. The molecule has 52 heavy (non-hydrogen) atoms. The normalized spacial score (nSPS) is 11.5. The molecule has 0 spiro atoms. The topological polar surface area (TPSA) is 32.3 Å². The molecule has 0 saturated heterocycles. The molecule has 0 aliphatic carbocycles. The van der Waals surface area contributed by atoms with E-state index in [1.54, 1.807) is 0 Å². The number of benzene rings is 9. The minimum atomic E-state index is 0.818. The Labute approximate surface area is 301 Å². The third-order valence-corrected chi connectivity index (χ3v) is 9.97. The van der Waals surface area contributed by atoms with Gasteiger partial charge in [-0.3, -0.25) is 0 Å². The average molecular weight is 665 g/mol. The Morgan fingerprint density at radius 3 is 1.23 bits per heavy atom. The maximum absolute atomic E-state index is 5.62. The minimum absolute atomic E-state index is 0.818. The fraction of sp³-hybridized carbons (Fsp3) is 0. The summed E-state index contributed by atoms with van der Waals surface area (Å²) >= 11 is 0. The number of rotatable bonds is 6. The molecule has 244 valence electrons. The van der Waals surface area contributed by atoms with Crippen LogP contribution in [0.3, 0.4) is 0 Å². The van der Waals surface area contributed by atoms with E-state index in [1.165, 1.54) is 10.8 Å². The molecule has 0 fully saturated rings. The first kappa shape index (κ1) is 29.8. The standard InChI is InChI=1S/C48H32N4/c1-3-20-36(21-4-1)51(42-27-13-18-33-15-7-10-24-38(33)42)44-31-32-45(48-47(44)49-41-30-29-35-17-9-12-26-40(35)46(41)50-48)52(37-22-5-2-6-23-37)43-28-14-19-34-16-8-11-25-39(34)43/h1-32H. The van der Waals surface area contributed by atoms with E-state index in [-0.39, 0.29) is 0 Å². The Balaban J connectivity index is 1.34. The summed E-state index contributed by atoms with van der Waals surface area (Å²) in [5.74, 6) is 0. The highest BCUT2D eigenvalue weighted by Crippen LogP contribution is 2.47. The molecule has 9 aromatic carbocycles. The highest BCUT2D eigenvalue weighted by Gasteiger charge is 2.25. The number of aromatic nitrogens is 2. The number of hydrogen-bond acceptors (Lipinski definition) is 4. The lowest BCUT2D eigenvalue weighted by molar-refractivity contribution is 1.26. The second-order valence-electron chi connectivity index (χ2n) is 13.0. The van der Waals surface area contributed by atoms with E-state index in [0.29, 0.717) is 0 Å². The van der Waals surface area contributed by atoms with Crippen molar-refractivity contribution in [2.75, 3.05) is 9.80 Å². The Kier molecular flexibility index (Phi) is 7.10. The molecule has 0 saturated carbocycles. The van der Waals surface area contributed by atoms with Gasteiger partial charge in [0, 0.05) is 27.5 Å². The van der Waals surface area contributed by atoms with Crippen LogP contribution in [-0.2, 0) is 0 Å². The Morgan fingerprint density at radius 1 is 0.269 bits per heavy atom. The predicted octanol–water partition coefficient (Wildman–Crippen LogP) is 13.2. The van der Waals surface area contributed by atoms with Crippen molar-refractivity contribution in [1.29, 1.82) is 0 Å². The van der Waals surface area contributed by atoms with Crippen LogP contribution in [0.2, 0.25) is 0 Å². The summed E-state index contributed by atoms with van der Waals surface area (Å²) in [6, 6.07) is 68.4. The summed E-state index contributed by atoms with van der Waals surface area (Å²) in [5.41, 5.74) is 9.52. The first-order valence-corrected chi connectivity index (χ1v) is 17.6. The largest absolute Gasteiger partial charge is 0.308 e. The van der Waals surface area contributed by atoms with Crippen LogP contribution >= 0.6 is 0 Å². The quantitative estimate of drug-likeness (QED) is 0.131. The summed E-state index contributed by atoms with van der Waals surface area (Å²) in [6.07, 6.45) is 0. The summed E-state index contributed by atoms with van der Waals surface area (Å²) in [4.78, 5) is 15.8. The molecule has 1 heterocycles. The molecular formula is C48H32N4. The second kappa shape index (κ2) is 12.4. The lowest BCUT2D eigenvalue weighted by atomic mass is 10.0. The minimum Gasteiger partial charge on any atom is -0.308 e. The van der Waals surface area contributed by atoms with Gasteiger partial charge in [-0.15, -0.1) is 0 Å². The number of hydrogen-bond donors (Lipinski definition) is 0. The van der Waals surface area contributed by atoms with Gasteiger partial charge in [0.2, 0.25) is 0 Å². The van der Waals surface area contributed by atoms with Gasteiger partial charge in [0.15, 0.2) is 0 Å². The van der Waals surface area contributed by atoms with Crippen LogP contribution in [0.15, 0.2) is 194 Å². The molecule has 0 atom stereocenters. The molecule has 0 aliphatic heterocycles. The predicted molar refractivity (Wildman–Crippen MR) is 219 cm³/mol. The molecule has 10 rings (SSSR count). The van der Waals surface area contributed by atoms with Gasteiger partial charge in [0.05, 0.1) is 33.8 Å². The van der Waals surface area contributed by atoms with Gasteiger partial charge in [-0.1, -0.05) is 140 Å². The van der Waals surface area contributed by atoms with Crippen molar-refractivity contribution in [3.05, 3.63) is 194 Å². The molecule has 0 radical (unpaired) electrons. The average Bonchev–Trinajstić information content (AvgIpc) is 3.22. The van der Waals surface area contributed by atoms with Crippen LogP contribution in [0.25, 0.3) is 54.4 Å². The van der Waals surface area contributed by atoms with Gasteiger partial charge in [-0.25, -0.2) is 9.97 Å². The van der Waals surface area contributed by atoms with Gasteiger partial charge in [0.1, 0.15) is 11.0 Å².